The highest BCUT2D eigenvalue weighted by Crippen LogP contribution is 2.31. The number of thiazole rings is 1. The molecule has 216 valence electrons. The third-order valence-electron chi connectivity index (χ3n) is 7.41. The molecule has 0 bridgehead atoms. The minimum absolute atomic E-state index is 0. The van der Waals surface area contributed by atoms with E-state index in [2.05, 4.69) is 61.3 Å². The van der Waals surface area contributed by atoms with Crippen LogP contribution in [-0.4, -0.2) is 63.1 Å². The average molecular weight is 594 g/mol. The van der Waals surface area contributed by atoms with E-state index in [-0.39, 0.29) is 23.9 Å². The second kappa shape index (κ2) is 11.8. The van der Waals surface area contributed by atoms with Crippen LogP contribution in [0.5, 0.6) is 0 Å². The van der Waals surface area contributed by atoms with Crippen molar-refractivity contribution in [2.24, 2.45) is 0 Å². The lowest BCUT2D eigenvalue weighted by Crippen LogP contribution is -2.45. The molecule has 0 saturated carbocycles. The molecule has 11 heteroatoms. The standard InChI is InChI=1S/C30H35N7O2S.ClH/c1-5-35-12-14-36(15-13-35)18-20-6-11-24-25(16-20)40-29-32-23(19-37(24)29)21-7-9-22(10-8-21)31-28(38)33-27-17-26(39-34-27)30(2,3)4;/h6-11,16-17,19H,5,12-15,18H2,1-4H3,(H2,31,33,34,38);1H. The quantitative estimate of drug-likeness (QED) is 0.227. The van der Waals surface area contributed by atoms with Gasteiger partial charge in [-0.3, -0.25) is 14.6 Å². The van der Waals surface area contributed by atoms with E-state index in [1.165, 1.54) is 15.8 Å². The molecule has 2 amide bonds. The van der Waals surface area contributed by atoms with Crippen LogP contribution >= 0.6 is 23.7 Å². The van der Waals surface area contributed by atoms with Crippen molar-refractivity contribution in [2.75, 3.05) is 43.4 Å². The summed E-state index contributed by atoms with van der Waals surface area (Å²) in [6.07, 6.45) is 2.09. The number of fused-ring (bicyclic) bond motifs is 3. The van der Waals surface area contributed by atoms with E-state index in [1.54, 1.807) is 17.4 Å². The Morgan fingerprint density at radius 1 is 1.00 bits per heavy atom. The first-order chi connectivity index (χ1) is 19.2. The lowest BCUT2D eigenvalue weighted by atomic mass is 9.93. The number of amides is 2. The molecule has 0 unspecified atom stereocenters. The van der Waals surface area contributed by atoms with Crippen molar-refractivity contribution < 1.29 is 9.32 Å². The van der Waals surface area contributed by atoms with Gasteiger partial charge in [-0.2, -0.15) is 0 Å². The lowest BCUT2D eigenvalue weighted by molar-refractivity contribution is 0.132. The number of benzene rings is 2. The van der Waals surface area contributed by atoms with Crippen molar-refractivity contribution in [3.63, 3.8) is 0 Å². The van der Waals surface area contributed by atoms with Gasteiger partial charge in [-0.15, -0.1) is 12.4 Å². The van der Waals surface area contributed by atoms with Gasteiger partial charge in [0.2, 0.25) is 0 Å². The molecule has 0 atom stereocenters. The van der Waals surface area contributed by atoms with Gasteiger partial charge >= 0.3 is 6.03 Å². The van der Waals surface area contributed by atoms with Gasteiger partial charge in [0.15, 0.2) is 10.8 Å². The first-order valence-electron chi connectivity index (χ1n) is 13.8. The Bertz CT molecular complexity index is 1640. The molecule has 1 saturated heterocycles. The highest BCUT2D eigenvalue weighted by Gasteiger charge is 2.20. The maximum absolute atomic E-state index is 12.4. The van der Waals surface area contributed by atoms with E-state index >= 15 is 0 Å². The van der Waals surface area contributed by atoms with Crippen LogP contribution in [-0.2, 0) is 12.0 Å². The summed E-state index contributed by atoms with van der Waals surface area (Å²) in [6.45, 7) is 15.0. The van der Waals surface area contributed by atoms with Gasteiger partial charge in [0, 0.05) is 61.7 Å². The number of carbonyl (C=O) groups is 1. The van der Waals surface area contributed by atoms with E-state index in [0.717, 1.165) is 55.5 Å². The third-order valence-corrected chi connectivity index (χ3v) is 8.42. The molecular formula is C30H36ClN7O2S. The monoisotopic (exact) mass is 593 g/mol. The molecule has 1 fully saturated rings. The van der Waals surface area contributed by atoms with E-state index in [0.29, 0.717) is 17.3 Å². The highest BCUT2D eigenvalue weighted by molar-refractivity contribution is 7.23. The molecule has 0 radical (unpaired) electrons. The molecule has 6 rings (SSSR count). The zero-order valence-corrected chi connectivity index (χ0v) is 25.4. The second-order valence-electron chi connectivity index (χ2n) is 11.4. The molecule has 5 aromatic rings. The number of hydrogen-bond donors (Lipinski definition) is 2. The Hall–Kier alpha value is -3.44. The summed E-state index contributed by atoms with van der Waals surface area (Å²) < 4.78 is 8.75. The molecule has 0 spiro atoms. The Kier molecular flexibility index (Phi) is 8.37. The van der Waals surface area contributed by atoms with Crippen LogP contribution < -0.4 is 10.6 Å². The maximum atomic E-state index is 12.4. The van der Waals surface area contributed by atoms with Gasteiger partial charge in [-0.1, -0.05) is 62.4 Å². The van der Waals surface area contributed by atoms with Gasteiger partial charge < -0.3 is 14.7 Å². The topological polar surface area (TPSA) is 90.9 Å². The van der Waals surface area contributed by atoms with Crippen molar-refractivity contribution in [3.05, 3.63) is 66.1 Å². The summed E-state index contributed by atoms with van der Waals surface area (Å²) >= 11 is 1.72. The minimum Gasteiger partial charge on any atom is -0.359 e. The zero-order valence-electron chi connectivity index (χ0n) is 23.8. The van der Waals surface area contributed by atoms with Crippen molar-refractivity contribution in [2.45, 2.75) is 39.7 Å². The lowest BCUT2D eigenvalue weighted by Gasteiger charge is -2.34. The molecule has 1 aliphatic heterocycles. The number of piperazine rings is 1. The number of nitrogens with zero attached hydrogens (tertiary/aromatic N) is 5. The summed E-state index contributed by atoms with van der Waals surface area (Å²) in [5.41, 5.74) is 4.92. The second-order valence-corrected chi connectivity index (χ2v) is 12.4. The van der Waals surface area contributed by atoms with Crippen molar-refractivity contribution in [3.8, 4) is 11.3 Å². The fourth-order valence-electron chi connectivity index (χ4n) is 5.00. The summed E-state index contributed by atoms with van der Waals surface area (Å²) in [5, 5.41) is 9.49. The van der Waals surface area contributed by atoms with Crippen LogP contribution in [0, 0.1) is 0 Å². The number of urea groups is 1. The molecule has 3 aromatic heterocycles. The fraction of sp³-hybridized carbons (Fsp3) is 0.367. The van der Waals surface area contributed by atoms with E-state index in [4.69, 9.17) is 9.51 Å². The normalized spacial score (nSPS) is 14.8. The van der Waals surface area contributed by atoms with Crippen LogP contribution in [0.1, 0.15) is 39.0 Å². The van der Waals surface area contributed by atoms with Crippen LogP contribution in [0.2, 0.25) is 0 Å². The molecule has 4 heterocycles. The molecule has 41 heavy (non-hydrogen) atoms. The molecule has 9 nitrogen and oxygen atoms in total. The first kappa shape index (κ1) is 29.1. The smallest absolute Gasteiger partial charge is 0.324 e. The molecule has 0 aliphatic carbocycles. The molecule has 2 N–H and O–H groups in total. The third kappa shape index (κ3) is 6.41. The van der Waals surface area contributed by atoms with Gasteiger partial charge in [0.1, 0.15) is 5.76 Å². The Balaban J connectivity index is 0.00000337. The number of imidazole rings is 1. The zero-order chi connectivity index (χ0) is 27.9. The predicted molar refractivity (Wildman–Crippen MR) is 168 cm³/mol. The van der Waals surface area contributed by atoms with Crippen molar-refractivity contribution in [1.82, 2.24) is 24.3 Å². The molecular weight excluding hydrogens is 558 g/mol. The SMILES string of the molecule is CCN1CCN(Cc2ccc3c(c2)sc2nc(-c4ccc(NC(=O)Nc5cc(C(C)(C)C)on5)cc4)cn23)CC1.Cl. The Morgan fingerprint density at radius 2 is 1.73 bits per heavy atom. The number of halogens is 1. The average Bonchev–Trinajstić information content (AvgIpc) is 3.64. The largest absolute Gasteiger partial charge is 0.359 e. The summed E-state index contributed by atoms with van der Waals surface area (Å²) in [7, 11) is 0. The fourth-order valence-corrected chi connectivity index (χ4v) is 6.07. The van der Waals surface area contributed by atoms with E-state index in [1.807, 2.05) is 45.0 Å². The minimum atomic E-state index is -0.377. The van der Waals surface area contributed by atoms with Crippen LogP contribution in [0.25, 0.3) is 26.4 Å². The summed E-state index contributed by atoms with van der Waals surface area (Å²) in [6, 6.07) is 15.8. The summed E-state index contributed by atoms with van der Waals surface area (Å²) in [5.74, 6) is 1.09. The van der Waals surface area contributed by atoms with Gasteiger partial charge in [0.05, 0.1) is 15.9 Å². The van der Waals surface area contributed by atoms with Gasteiger partial charge in [0.25, 0.3) is 0 Å². The van der Waals surface area contributed by atoms with Crippen molar-refractivity contribution >= 4 is 56.5 Å². The maximum Gasteiger partial charge on any atom is 0.324 e. The van der Waals surface area contributed by atoms with Crippen LogP contribution in [0.4, 0.5) is 16.3 Å². The van der Waals surface area contributed by atoms with Crippen molar-refractivity contribution in [1.29, 1.82) is 0 Å². The predicted octanol–water partition coefficient (Wildman–Crippen LogP) is 6.70. The first-order valence-corrected chi connectivity index (χ1v) is 14.6. The number of likely N-dealkylation sites (N-methyl/N-ethyl adjacent to an activating group) is 1. The Labute approximate surface area is 249 Å². The number of carbonyl (C=O) groups excluding carboxylic acids is 1. The van der Waals surface area contributed by atoms with Crippen LogP contribution in [0.3, 0.4) is 0 Å². The number of nitrogens with one attached hydrogen (secondary N) is 2. The highest BCUT2D eigenvalue weighted by atomic mass is 35.5. The number of hydrogen-bond acceptors (Lipinski definition) is 7. The number of anilines is 2. The van der Waals surface area contributed by atoms with Crippen LogP contribution in [0.15, 0.2) is 59.3 Å². The summed E-state index contributed by atoms with van der Waals surface area (Å²) in [4.78, 5) is 23.4. The molecule has 1 aliphatic rings. The van der Waals surface area contributed by atoms with Gasteiger partial charge in [-0.25, -0.2) is 9.78 Å². The number of aromatic nitrogens is 3. The van der Waals surface area contributed by atoms with E-state index in [9.17, 15) is 4.79 Å². The van der Waals surface area contributed by atoms with E-state index < -0.39 is 0 Å². The molecule has 2 aromatic carbocycles. The number of rotatable bonds is 6. The van der Waals surface area contributed by atoms with Gasteiger partial charge in [-0.05, 0) is 36.4 Å². The Morgan fingerprint density at radius 3 is 2.41 bits per heavy atom.